The lowest BCUT2D eigenvalue weighted by atomic mass is 9.97. The second-order valence-electron chi connectivity index (χ2n) is 4.42. The van der Waals surface area contributed by atoms with Crippen LogP contribution in [0.25, 0.3) is 0 Å². The van der Waals surface area contributed by atoms with Crippen LogP contribution in [0, 0.1) is 0 Å². The van der Waals surface area contributed by atoms with Gasteiger partial charge in [-0.2, -0.15) is 0 Å². The van der Waals surface area contributed by atoms with Crippen molar-refractivity contribution in [3.63, 3.8) is 0 Å². The molecule has 1 nitrogen and oxygen atoms in total. The van der Waals surface area contributed by atoms with E-state index in [0.29, 0.717) is 6.10 Å². The van der Waals surface area contributed by atoms with Gasteiger partial charge in [0.25, 0.3) is 0 Å². The molecule has 0 heterocycles. The molecule has 1 aliphatic rings. The van der Waals surface area contributed by atoms with E-state index < -0.39 is 0 Å². The Morgan fingerprint density at radius 1 is 1.12 bits per heavy atom. The lowest BCUT2D eigenvalue weighted by Gasteiger charge is -2.24. The van der Waals surface area contributed by atoms with Gasteiger partial charge >= 0.3 is 0 Å². The molecule has 1 aromatic rings. The molecule has 0 saturated heterocycles. The van der Waals surface area contributed by atoms with E-state index in [1.807, 2.05) is 0 Å². The van der Waals surface area contributed by atoms with Crippen molar-refractivity contribution >= 4 is 22.6 Å². The van der Waals surface area contributed by atoms with Crippen LogP contribution in [0.15, 0.2) is 24.3 Å². The van der Waals surface area contributed by atoms with Crippen molar-refractivity contribution in [2.24, 2.45) is 0 Å². The van der Waals surface area contributed by atoms with E-state index in [1.165, 1.54) is 37.7 Å². The maximum absolute atomic E-state index is 6.14. The van der Waals surface area contributed by atoms with E-state index in [-0.39, 0.29) is 0 Å². The molecular formula is C14H19IO. The molecule has 0 atom stereocenters. The van der Waals surface area contributed by atoms with Crippen molar-refractivity contribution in [3.8, 4) is 5.75 Å². The van der Waals surface area contributed by atoms with Gasteiger partial charge in [-0.25, -0.2) is 0 Å². The second-order valence-corrected chi connectivity index (χ2v) is 5.50. The van der Waals surface area contributed by atoms with Crippen LogP contribution in [0.1, 0.15) is 37.7 Å². The van der Waals surface area contributed by atoms with Crippen LogP contribution in [0.5, 0.6) is 5.75 Å². The minimum Gasteiger partial charge on any atom is -0.490 e. The Morgan fingerprint density at radius 3 is 2.62 bits per heavy atom. The fourth-order valence-electron chi connectivity index (χ4n) is 2.29. The summed E-state index contributed by atoms with van der Waals surface area (Å²) in [7, 11) is 0. The number of alkyl halides is 1. The first-order valence-corrected chi connectivity index (χ1v) is 7.73. The van der Waals surface area contributed by atoms with Gasteiger partial charge < -0.3 is 4.74 Å². The van der Waals surface area contributed by atoms with Crippen LogP contribution >= 0.6 is 22.6 Å². The molecule has 0 unspecified atom stereocenters. The summed E-state index contributed by atoms with van der Waals surface area (Å²) in [6.45, 7) is 0. The smallest absolute Gasteiger partial charge is 0.122 e. The summed E-state index contributed by atoms with van der Waals surface area (Å²) in [5, 5.41) is 0. The summed E-state index contributed by atoms with van der Waals surface area (Å²) in [5.74, 6) is 1.12. The van der Waals surface area contributed by atoms with Crippen molar-refractivity contribution in [1.29, 1.82) is 0 Å². The number of hydrogen-bond acceptors (Lipinski definition) is 1. The van der Waals surface area contributed by atoms with Gasteiger partial charge in [-0.3, -0.25) is 0 Å². The van der Waals surface area contributed by atoms with Crippen molar-refractivity contribution < 1.29 is 4.74 Å². The molecule has 0 N–H and O–H groups in total. The van der Waals surface area contributed by atoms with E-state index in [2.05, 4.69) is 46.9 Å². The SMILES string of the molecule is ICCc1ccccc1OC1CCCCC1. The van der Waals surface area contributed by atoms with E-state index in [1.54, 1.807) is 0 Å². The molecule has 1 aromatic carbocycles. The normalized spacial score (nSPS) is 17.3. The average Bonchev–Trinajstić information content (AvgIpc) is 2.33. The average molecular weight is 330 g/mol. The number of para-hydroxylation sites is 1. The Bertz CT molecular complexity index is 318. The second kappa shape index (κ2) is 6.48. The Labute approximate surface area is 112 Å². The summed E-state index contributed by atoms with van der Waals surface area (Å²) in [5.41, 5.74) is 1.36. The zero-order chi connectivity index (χ0) is 11.2. The Balaban J connectivity index is 2.01. The summed E-state index contributed by atoms with van der Waals surface area (Å²) < 4.78 is 7.29. The number of rotatable bonds is 4. The van der Waals surface area contributed by atoms with Crippen LogP contribution in [-0.2, 0) is 6.42 Å². The highest BCUT2D eigenvalue weighted by molar-refractivity contribution is 14.1. The van der Waals surface area contributed by atoms with Crippen molar-refractivity contribution in [2.75, 3.05) is 4.43 Å². The van der Waals surface area contributed by atoms with Crippen LogP contribution in [-0.4, -0.2) is 10.5 Å². The number of aryl methyl sites for hydroxylation is 1. The first kappa shape index (κ1) is 12.2. The molecule has 0 aliphatic heterocycles. The van der Waals surface area contributed by atoms with Gasteiger partial charge in [-0.15, -0.1) is 0 Å². The van der Waals surface area contributed by atoms with Crippen molar-refractivity contribution in [1.82, 2.24) is 0 Å². The van der Waals surface area contributed by atoms with Gasteiger partial charge in [-0.05, 0) is 43.7 Å². The van der Waals surface area contributed by atoms with E-state index in [4.69, 9.17) is 4.74 Å². The van der Waals surface area contributed by atoms with Gasteiger partial charge in [0.15, 0.2) is 0 Å². The lowest BCUT2D eigenvalue weighted by molar-refractivity contribution is 0.153. The number of hydrogen-bond donors (Lipinski definition) is 0. The molecule has 2 heteroatoms. The number of ether oxygens (including phenoxy) is 1. The van der Waals surface area contributed by atoms with E-state index in [0.717, 1.165) is 16.6 Å². The summed E-state index contributed by atoms with van der Waals surface area (Å²) in [4.78, 5) is 0. The molecular weight excluding hydrogens is 311 g/mol. The van der Waals surface area contributed by atoms with Crippen LogP contribution in [0.3, 0.4) is 0 Å². The van der Waals surface area contributed by atoms with Crippen LogP contribution < -0.4 is 4.74 Å². The number of benzene rings is 1. The monoisotopic (exact) mass is 330 g/mol. The number of halogens is 1. The Hall–Kier alpha value is -0.250. The highest BCUT2D eigenvalue weighted by Crippen LogP contribution is 2.26. The van der Waals surface area contributed by atoms with E-state index in [9.17, 15) is 0 Å². The summed E-state index contributed by atoms with van der Waals surface area (Å²) in [6, 6.07) is 8.50. The quantitative estimate of drug-likeness (QED) is 0.588. The molecule has 0 aromatic heterocycles. The first-order valence-electron chi connectivity index (χ1n) is 6.20. The zero-order valence-electron chi connectivity index (χ0n) is 9.62. The maximum atomic E-state index is 6.14. The van der Waals surface area contributed by atoms with Gasteiger partial charge in [0.05, 0.1) is 6.10 Å². The minimum atomic E-state index is 0.462. The maximum Gasteiger partial charge on any atom is 0.122 e. The third kappa shape index (κ3) is 3.37. The van der Waals surface area contributed by atoms with Crippen molar-refractivity contribution in [3.05, 3.63) is 29.8 Å². The molecule has 16 heavy (non-hydrogen) atoms. The topological polar surface area (TPSA) is 9.23 Å². The standard InChI is InChI=1S/C14H19IO/c15-11-10-12-6-4-5-9-14(12)16-13-7-2-1-3-8-13/h4-6,9,13H,1-3,7-8,10-11H2. The fourth-order valence-corrected chi connectivity index (χ4v) is 2.87. The van der Waals surface area contributed by atoms with Crippen molar-refractivity contribution in [2.45, 2.75) is 44.6 Å². The molecule has 0 radical (unpaired) electrons. The van der Waals surface area contributed by atoms with Gasteiger partial charge in [0.2, 0.25) is 0 Å². The minimum absolute atomic E-state index is 0.462. The highest BCUT2D eigenvalue weighted by atomic mass is 127. The first-order chi connectivity index (χ1) is 7.90. The third-order valence-corrected chi connectivity index (χ3v) is 3.72. The Kier molecular flexibility index (Phi) is 4.94. The predicted molar refractivity (Wildman–Crippen MR) is 76.5 cm³/mol. The molecule has 2 rings (SSSR count). The molecule has 1 saturated carbocycles. The third-order valence-electron chi connectivity index (χ3n) is 3.18. The van der Waals surface area contributed by atoms with Gasteiger partial charge in [-0.1, -0.05) is 47.2 Å². The summed E-state index contributed by atoms with van der Waals surface area (Å²) >= 11 is 2.42. The van der Waals surface area contributed by atoms with Gasteiger partial charge in [0.1, 0.15) is 5.75 Å². The molecule has 0 bridgehead atoms. The molecule has 0 amide bonds. The largest absolute Gasteiger partial charge is 0.490 e. The zero-order valence-corrected chi connectivity index (χ0v) is 11.8. The predicted octanol–water partition coefficient (Wildman–Crippen LogP) is 4.38. The molecule has 0 spiro atoms. The van der Waals surface area contributed by atoms with Crippen LogP contribution in [0.4, 0.5) is 0 Å². The highest BCUT2D eigenvalue weighted by Gasteiger charge is 2.15. The van der Waals surface area contributed by atoms with Gasteiger partial charge in [0, 0.05) is 4.43 Å². The van der Waals surface area contributed by atoms with E-state index >= 15 is 0 Å². The molecule has 1 aliphatic carbocycles. The molecule has 88 valence electrons. The lowest BCUT2D eigenvalue weighted by Crippen LogP contribution is -2.20. The summed E-state index contributed by atoms with van der Waals surface area (Å²) in [6.07, 6.45) is 8.10. The Morgan fingerprint density at radius 2 is 1.88 bits per heavy atom. The fraction of sp³-hybridized carbons (Fsp3) is 0.571. The molecule has 1 fully saturated rings. The van der Waals surface area contributed by atoms with Crippen LogP contribution in [0.2, 0.25) is 0 Å².